The van der Waals surface area contributed by atoms with Crippen molar-refractivity contribution >= 4 is 29.4 Å². The molecule has 0 heterocycles. The molecule has 5 heteroatoms. The molecule has 49 heavy (non-hydrogen) atoms. The van der Waals surface area contributed by atoms with Gasteiger partial charge >= 0.3 is 0 Å². The van der Waals surface area contributed by atoms with Gasteiger partial charge in [0.2, 0.25) is 5.91 Å². The Bertz CT molecular complexity index is 1650. The molecule has 0 radical (unpaired) electrons. The highest BCUT2D eigenvalue weighted by atomic mass is 32.2. The normalized spacial score (nSPS) is 11.6. The lowest BCUT2D eigenvalue weighted by Gasteiger charge is -2.35. The molecule has 1 amide bonds. The molecule has 246 valence electrons. The summed E-state index contributed by atoms with van der Waals surface area (Å²) in [5, 5.41) is 6.57. The van der Waals surface area contributed by atoms with E-state index in [1.54, 1.807) is 0 Å². The van der Waals surface area contributed by atoms with E-state index in [1.807, 2.05) is 23.5 Å². The number of hydrogen-bond donors (Lipinski definition) is 2. The zero-order valence-electron chi connectivity index (χ0n) is 27.6. The smallest absolute Gasteiger partial charge is 0.233 e. The van der Waals surface area contributed by atoms with E-state index in [0.717, 1.165) is 11.5 Å². The van der Waals surface area contributed by atoms with Crippen LogP contribution in [0.2, 0.25) is 0 Å². The summed E-state index contributed by atoms with van der Waals surface area (Å²) in [7, 11) is 0. The second-order valence-corrected chi connectivity index (χ2v) is 14.4. The van der Waals surface area contributed by atoms with Crippen LogP contribution in [0.15, 0.2) is 182 Å². The van der Waals surface area contributed by atoms with Crippen molar-refractivity contribution in [2.45, 2.75) is 9.49 Å². The van der Waals surface area contributed by atoms with Gasteiger partial charge in [-0.3, -0.25) is 4.79 Å². The summed E-state index contributed by atoms with van der Waals surface area (Å²) >= 11 is 3.76. The zero-order valence-corrected chi connectivity index (χ0v) is 29.2. The van der Waals surface area contributed by atoms with E-state index in [1.165, 1.54) is 33.4 Å². The first kappa shape index (κ1) is 34.3. The highest BCUT2D eigenvalue weighted by Gasteiger charge is 2.37. The van der Waals surface area contributed by atoms with E-state index in [4.69, 9.17) is 0 Å². The summed E-state index contributed by atoms with van der Waals surface area (Å²) in [5.74, 6) is 1.60. The Hall–Kier alpha value is -4.55. The molecule has 0 fully saturated rings. The summed E-state index contributed by atoms with van der Waals surface area (Å²) in [6, 6.07) is 64.2. The highest BCUT2D eigenvalue weighted by Crippen LogP contribution is 2.49. The first-order chi connectivity index (χ1) is 24.2. The van der Waals surface area contributed by atoms with Crippen LogP contribution in [0.25, 0.3) is 0 Å². The van der Waals surface area contributed by atoms with Crippen LogP contribution in [0.3, 0.4) is 0 Å². The van der Waals surface area contributed by atoms with Gasteiger partial charge in [-0.2, -0.15) is 0 Å². The topological polar surface area (TPSA) is 41.1 Å². The maximum atomic E-state index is 13.0. The second kappa shape index (κ2) is 17.2. The molecule has 0 saturated heterocycles. The molecule has 0 aromatic heterocycles. The fourth-order valence-electron chi connectivity index (χ4n) is 6.47. The van der Waals surface area contributed by atoms with Crippen LogP contribution >= 0.6 is 23.5 Å². The molecule has 0 unspecified atom stereocenters. The standard InChI is InChI=1S/C44H42N2OS2/c47-42(46-32-34-49-44(39-25-13-4-14-26-39,40-27-15-5-16-28-40)41-29-17-6-18-30-41)35-45-31-33-48-43(36-19-7-1-8-20-36,37-21-9-2-10-22-37)38-23-11-3-12-24-38/h1-30,45H,31-35H2,(H,46,47). The van der Waals surface area contributed by atoms with E-state index in [0.29, 0.717) is 13.1 Å². The number of thioether (sulfide) groups is 2. The van der Waals surface area contributed by atoms with Gasteiger partial charge in [-0.05, 0) is 33.4 Å². The van der Waals surface area contributed by atoms with Crippen molar-refractivity contribution in [2.24, 2.45) is 0 Å². The van der Waals surface area contributed by atoms with E-state index in [-0.39, 0.29) is 17.2 Å². The first-order valence-electron chi connectivity index (χ1n) is 16.8. The number of hydrogen-bond acceptors (Lipinski definition) is 4. The minimum Gasteiger partial charge on any atom is -0.354 e. The van der Waals surface area contributed by atoms with E-state index < -0.39 is 4.75 Å². The van der Waals surface area contributed by atoms with Gasteiger partial charge in [-0.15, -0.1) is 23.5 Å². The minimum absolute atomic E-state index is 0.00998. The Labute approximate surface area is 299 Å². The minimum atomic E-state index is -0.396. The lowest BCUT2D eigenvalue weighted by Crippen LogP contribution is -2.37. The lowest BCUT2D eigenvalue weighted by atomic mass is 9.84. The van der Waals surface area contributed by atoms with E-state index >= 15 is 0 Å². The molecule has 6 aromatic rings. The van der Waals surface area contributed by atoms with E-state index in [2.05, 4.69) is 193 Å². The van der Waals surface area contributed by atoms with Crippen molar-refractivity contribution in [1.29, 1.82) is 0 Å². The Kier molecular flexibility index (Phi) is 12.1. The third kappa shape index (κ3) is 8.02. The van der Waals surface area contributed by atoms with Gasteiger partial charge in [-0.1, -0.05) is 182 Å². The van der Waals surface area contributed by atoms with Crippen LogP contribution in [-0.4, -0.2) is 37.0 Å². The van der Waals surface area contributed by atoms with Crippen molar-refractivity contribution in [3.8, 4) is 0 Å². The van der Waals surface area contributed by atoms with Gasteiger partial charge in [-0.25, -0.2) is 0 Å². The molecule has 6 aromatic carbocycles. The predicted octanol–water partition coefficient (Wildman–Crippen LogP) is 9.14. The van der Waals surface area contributed by atoms with Crippen molar-refractivity contribution in [2.75, 3.05) is 31.1 Å². The third-order valence-corrected chi connectivity index (χ3v) is 11.8. The summed E-state index contributed by atoms with van der Waals surface area (Å²) in [4.78, 5) is 13.0. The maximum Gasteiger partial charge on any atom is 0.233 e. The van der Waals surface area contributed by atoms with Gasteiger partial charge in [0, 0.05) is 24.6 Å². The molecule has 0 spiro atoms. The van der Waals surface area contributed by atoms with Gasteiger partial charge in [0.25, 0.3) is 0 Å². The van der Waals surface area contributed by atoms with Crippen molar-refractivity contribution < 1.29 is 4.79 Å². The van der Waals surface area contributed by atoms with Gasteiger partial charge in [0.05, 0.1) is 16.0 Å². The average molecular weight is 679 g/mol. The molecule has 0 aliphatic heterocycles. The predicted molar refractivity (Wildman–Crippen MR) is 209 cm³/mol. The fourth-order valence-corrected chi connectivity index (χ4v) is 9.35. The number of carbonyl (C=O) groups excluding carboxylic acids is 1. The summed E-state index contributed by atoms with van der Waals surface area (Å²) in [5.41, 5.74) is 7.39. The summed E-state index contributed by atoms with van der Waals surface area (Å²) < 4.78 is -0.763. The molecule has 0 saturated carbocycles. The number of carbonyl (C=O) groups is 1. The van der Waals surface area contributed by atoms with Crippen LogP contribution in [0, 0.1) is 0 Å². The number of amides is 1. The molecule has 3 nitrogen and oxygen atoms in total. The average Bonchev–Trinajstić information content (AvgIpc) is 3.18. The molecule has 0 aliphatic carbocycles. The monoisotopic (exact) mass is 678 g/mol. The lowest BCUT2D eigenvalue weighted by molar-refractivity contribution is -0.120. The Morgan fingerprint density at radius 2 is 0.673 bits per heavy atom. The van der Waals surface area contributed by atoms with Crippen LogP contribution in [0.1, 0.15) is 33.4 Å². The molecule has 0 atom stereocenters. The van der Waals surface area contributed by atoms with Crippen molar-refractivity contribution in [1.82, 2.24) is 10.6 Å². The van der Waals surface area contributed by atoms with Crippen LogP contribution in [-0.2, 0) is 14.3 Å². The highest BCUT2D eigenvalue weighted by molar-refractivity contribution is 8.00. The Morgan fingerprint density at radius 1 is 0.408 bits per heavy atom. The zero-order chi connectivity index (χ0) is 33.6. The van der Waals surface area contributed by atoms with Crippen LogP contribution < -0.4 is 10.6 Å². The van der Waals surface area contributed by atoms with Crippen molar-refractivity contribution in [3.05, 3.63) is 215 Å². The summed E-state index contributed by atoms with van der Waals surface area (Å²) in [6.45, 7) is 1.56. The molecule has 6 rings (SSSR count). The van der Waals surface area contributed by atoms with Gasteiger partial charge < -0.3 is 10.6 Å². The quantitative estimate of drug-likeness (QED) is 0.0792. The van der Waals surface area contributed by atoms with Gasteiger partial charge in [0.1, 0.15) is 0 Å². The SMILES string of the molecule is O=C(CNCCSC(c1ccccc1)(c1ccccc1)c1ccccc1)NCCSC(c1ccccc1)(c1ccccc1)c1ccccc1. The van der Waals surface area contributed by atoms with Crippen LogP contribution in [0.5, 0.6) is 0 Å². The molecular formula is C44H42N2OS2. The number of rotatable bonds is 16. The molecule has 2 N–H and O–H groups in total. The Morgan fingerprint density at radius 3 is 0.959 bits per heavy atom. The fraction of sp³-hybridized carbons (Fsp3) is 0.159. The molecule has 0 bridgehead atoms. The first-order valence-corrected chi connectivity index (χ1v) is 18.8. The van der Waals surface area contributed by atoms with E-state index in [9.17, 15) is 4.79 Å². The Balaban J connectivity index is 1.08. The van der Waals surface area contributed by atoms with Gasteiger partial charge in [0.15, 0.2) is 0 Å². The molecular weight excluding hydrogens is 637 g/mol. The molecule has 0 aliphatic rings. The number of benzene rings is 6. The largest absolute Gasteiger partial charge is 0.354 e. The third-order valence-electron chi connectivity index (χ3n) is 8.71. The van der Waals surface area contributed by atoms with Crippen molar-refractivity contribution in [3.63, 3.8) is 0 Å². The summed E-state index contributed by atoms with van der Waals surface area (Å²) in [6.07, 6.45) is 0. The second-order valence-electron chi connectivity index (χ2n) is 11.8. The maximum absolute atomic E-state index is 13.0. The van der Waals surface area contributed by atoms with Crippen LogP contribution in [0.4, 0.5) is 0 Å². The number of nitrogens with one attached hydrogen (secondary N) is 2.